The molecule has 1 N–H and O–H groups in total. The molecule has 0 saturated carbocycles. The van der Waals surface area contributed by atoms with E-state index in [1.54, 1.807) is 24.3 Å². The van der Waals surface area contributed by atoms with Gasteiger partial charge >= 0.3 is 6.18 Å². The van der Waals surface area contributed by atoms with Crippen LogP contribution in [-0.2, 0) is 16.9 Å². The van der Waals surface area contributed by atoms with Crippen LogP contribution in [0.25, 0.3) is 0 Å². The van der Waals surface area contributed by atoms with Crippen LogP contribution in [0, 0.1) is 6.92 Å². The van der Waals surface area contributed by atoms with Gasteiger partial charge in [0.1, 0.15) is 11.5 Å². The zero-order chi connectivity index (χ0) is 19.4. The number of carbonyl (C=O) groups excluding carboxylic acids is 1. The van der Waals surface area contributed by atoms with Crippen LogP contribution in [0.3, 0.4) is 0 Å². The number of nitrogens with zero attached hydrogens (tertiary/aromatic N) is 1. The quantitative estimate of drug-likeness (QED) is 0.797. The van der Waals surface area contributed by atoms with Gasteiger partial charge in [-0.05, 0) is 31.0 Å². The molecule has 1 unspecified atom stereocenters. The monoisotopic (exact) mass is 369 g/mol. The van der Waals surface area contributed by atoms with Gasteiger partial charge < -0.3 is 14.4 Å². The minimum Gasteiger partial charge on any atom is -0.463 e. The number of alkyl halides is 3. The lowest BCUT2D eigenvalue weighted by molar-refractivity contribution is -0.274. The highest BCUT2D eigenvalue weighted by Crippen LogP contribution is 2.42. The maximum Gasteiger partial charge on any atom is 0.425 e. The van der Waals surface area contributed by atoms with Crippen molar-refractivity contribution in [3.8, 4) is 0 Å². The molecule has 142 valence electrons. The summed E-state index contributed by atoms with van der Waals surface area (Å²) >= 11 is 0. The predicted octanol–water partition coefficient (Wildman–Crippen LogP) is 4.17. The number of aliphatic hydroxyl groups is 1. The molecule has 2 aromatic rings. The molecule has 0 aliphatic heterocycles. The number of halogens is 3. The highest BCUT2D eigenvalue weighted by Gasteiger charge is 2.58. The molecule has 1 heterocycles. The molecule has 26 heavy (non-hydrogen) atoms. The second-order valence-electron chi connectivity index (χ2n) is 6.25. The van der Waals surface area contributed by atoms with E-state index in [2.05, 4.69) is 0 Å². The molecule has 0 fully saturated rings. The van der Waals surface area contributed by atoms with E-state index in [1.165, 1.54) is 17.9 Å². The van der Waals surface area contributed by atoms with E-state index in [1.807, 2.05) is 13.0 Å². The molecule has 7 heteroatoms. The zero-order valence-corrected chi connectivity index (χ0v) is 14.7. The summed E-state index contributed by atoms with van der Waals surface area (Å²) in [5.74, 6) is -1.23. The first-order valence-electron chi connectivity index (χ1n) is 8.35. The molecule has 1 amide bonds. The lowest BCUT2D eigenvalue weighted by Crippen LogP contribution is -2.47. The average Bonchev–Trinajstić information content (AvgIpc) is 3.01. The molecule has 2 rings (SSSR count). The Morgan fingerprint density at radius 2 is 1.81 bits per heavy atom. The molecule has 0 saturated heterocycles. The van der Waals surface area contributed by atoms with Crippen LogP contribution in [0.1, 0.15) is 36.8 Å². The highest BCUT2D eigenvalue weighted by molar-refractivity contribution is 5.77. The van der Waals surface area contributed by atoms with Crippen LogP contribution < -0.4 is 0 Å². The Bertz CT molecular complexity index is 727. The van der Waals surface area contributed by atoms with Crippen molar-refractivity contribution in [3.63, 3.8) is 0 Å². The third-order valence-electron chi connectivity index (χ3n) is 4.09. The summed E-state index contributed by atoms with van der Waals surface area (Å²) in [5.41, 5.74) is -2.56. The van der Waals surface area contributed by atoms with Crippen LogP contribution >= 0.6 is 0 Å². The van der Waals surface area contributed by atoms with Crippen LogP contribution in [0.5, 0.6) is 0 Å². The lowest BCUT2D eigenvalue weighted by Gasteiger charge is -2.31. The summed E-state index contributed by atoms with van der Waals surface area (Å²) in [7, 11) is 0. The molecular weight excluding hydrogens is 347 g/mol. The number of benzene rings is 1. The van der Waals surface area contributed by atoms with E-state index in [0.29, 0.717) is 13.0 Å². The second kappa shape index (κ2) is 7.95. The van der Waals surface area contributed by atoms with Crippen LogP contribution in [0.15, 0.2) is 46.9 Å². The van der Waals surface area contributed by atoms with Gasteiger partial charge in [0.05, 0.1) is 6.42 Å². The standard InChI is InChI=1S/C19H22F3NO3/c1-3-11-23(13-15-7-5-4-6-8-15)17(24)12-18(25,19(20,21)22)16-10-9-14(2)26-16/h4-10,25H,3,11-13H2,1-2H3. The van der Waals surface area contributed by atoms with Crippen molar-refractivity contribution in [2.24, 2.45) is 0 Å². The Morgan fingerprint density at radius 1 is 1.15 bits per heavy atom. The first-order chi connectivity index (χ1) is 12.2. The van der Waals surface area contributed by atoms with E-state index in [9.17, 15) is 23.1 Å². The van der Waals surface area contributed by atoms with Crippen LogP contribution in [-0.4, -0.2) is 28.6 Å². The minimum absolute atomic E-state index is 0.179. The summed E-state index contributed by atoms with van der Waals surface area (Å²) in [6.45, 7) is 3.77. The smallest absolute Gasteiger partial charge is 0.425 e. The molecular formula is C19H22F3NO3. The number of hydrogen-bond acceptors (Lipinski definition) is 3. The van der Waals surface area contributed by atoms with E-state index in [-0.39, 0.29) is 12.3 Å². The largest absolute Gasteiger partial charge is 0.463 e. The third kappa shape index (κ3) is 4.46. The molecule has 0 radical (unpaired) electrons. The number of rotatable bonds is 7. The number of amides is 1. The van der Waals surface area contributed by atoms with Crippen molar-refractivity contribution >= 4 is 5.91 Å². The number of furan rings is 1. The average molecular weight is 369 g/mol. The van der Waals surface area contributed by atoms with E-state index < -0.39 is 29.9 Å². The molecule has 0 bridgehead atoms. The number of carbonyl (C=O) groups is 1. The van der Waals surface area contributed by atoms with E-state index in [4.69, 9.17) is 4.42 Å². The van der Waals surface area contributed by atoms with E-state index >= 15 is 0 Å². The Labute approximate surface area is 150 Å². The Balaban J connectivity index is 2.26. The van der Waals surface area contributed by atoms with Gasteiger partial charge in [-0.3, -0.25) is 4.79 Å². The van der Waals surface area contributed by atoms with Gasteiger partial charge in [-0.15, -0.1) is 0 Å². The number of hydrogen-bond donors (Lipinski definition) is 1. The molecule has 0 aliphatic carbocycles. The van der Waals surface area contributed by atoms with Crippen molar-refractivity contribution in [3.05, 3.63) is 59.5 Å². The Morgan fingerprint density at radius 3 is 2.31 bits per heavy atom. The Hall–Kier alpha value is -2.28. The summed E-state index contributed by atoms with van der Waals surface area (Å²) < 4.78 is 45.7. The van der Waals surface area contributed by atoms with Crippen LogP contribution in [0.4, 0.5) is 13.2 Å². The molecule has 1 atom stereocenters. The SMILES string of the molecule is CCCN(Cc1ccccc1)C(=O)CC(O)(c1ccc(C)o1)C(F)(F)F. The summed E-state index contributed by atoms with van der Waals surface area (Å²) in [6.07, 6.45) is -5.59. The molecule has 1 aromatic carbocycles. The Kier molecular flexibility index (Phi) is 6.13. The fourth-order valence-electron chi connectivity index (χ4n) is 2.68. The van der Waals surface area contributed by atoms with Crippen molar-refractivity contribution in [1.82, 2.24) is 4.90 Å². The predicted molar refractivity (Wildman–Crippen MR) is 90.2 cm³/mol. The first kappa shape index (κ1) is 20.0. The zero-order valence-electron chi connectivity index (χ0n) is 14.7. The van der Waals surface area contributed by atoms with Crippen molar-refractivity contribution in [2.75, 3.05) is 6.54 Å². The van der Waals surface area contributed by atoms with Crippen molar-refractivity contribution < 1.29 is 27.5 Å². The highest BCUT2D eigenvalue weighted by atomic mass is 19.4. The first-order valence-corrected chi connectivity index (χ1v) is 8.35. The van der Waals surface area contributed by atoms with Crippen molar-refractivity contribution in [2.45, 2.75) is 45.0 Å². The second-order valence-corrected chi connectivity index (χ2v) is 6.25. The van der Waals surface area contributed by atoms with Gasteiger partial charge in [-0.1, -0.05) is 37.3 Å². The summed E-state index contributed by atoms with van der Waals surface area (Å²) in [5, 5.41) is 10.3. The molecule has 0 aliphatic rings. The minimum atomic E-state index is -5.04. The van der Waals surface area contributed by atoms with Gasteiger partial charge in [0, 0.05) is 13.1 Å². The fraction of sp³-hybridized carbons (Fsp3) is 0.421. The molecule has 0 spiro atoms. The summed E-state index contributed by atoms with van der Waals surface area (Å²) in [6, 6.07) is 11.4. The maximum absolute atomic E-state index is 13.6. The summed E-state index contributed by atoms with van der Waals surface area (Å²) in [4.78, 5) is 13.9. The fourth-order valence-corrected chi connectivity index (χ4v) is 2.68. The van der Waals surface area contributed by atoms with Crippen LogP contribution in [0.2, 0.25) is 0 Å². The van der Waals surface area contributed by atoms with Gasteiger partial charge in [0.2, 0.25) is 11.5 Å². The number of aryl methyl sites for hydroxylation is 1. The molecule has 4 nitrogen and oxygen atoms in total. The van der Waals surface area contributed by atoms with Gasteiger partial charge in [0.25, 0.3) is 0 Å². The van der Waals surface area contributed by atoms with E-state index in [0.717, 1.165) is 11.6 Å². The normalized spacial score (nSPS) is 14.1. The topological polar surface area (TPSA) is 53.7 Å². The molecule has 1 aromatic heterocycles. The van der Waals surface area contributed by atoms with Gasteiger partial charge in [-0.25, -0.2) is 0 Å². The van der Waals surface area contributed by atoms with Crippen molar-refractivity contribution in [1.29, 1.82) is 0 Å². The van der Waals surface area contributed by atoms with Gasteiger partial charge in [0.15, 0.2) is 0 Å². The van der Waals surface area contributed by atoms with Gasteiger partial charge in [-0.2, -0.15) is 13.2 Å². The lowest BCUT2D eigenvalue weighted by atomic mass is 9.94. The third-order valence-corrected chi connectivity index (χ3v) is 4.09. The maximum atomic E-state index is 13.6.